The van der Waals surface area contributed by atoms with Crippen molar-refractivity contribution >= 4 is 39.5 Å². The lowest BCUT2D eigenvalue weighted by atomic mass is 10.0. The Hall–Kier alpha value is -2.46. The molecule has 0 fully saturated rings. The molecule has 19 heteroatoms. The van der Waals surface area contributed by atoms with Crippen LogP contribution in [0.5, 0.6) is 0 Å². The molecule has 0 aromatic heterocycles. The van der Waals surface area contributed by atoms with Crippen LogP contribution < -0.4 is 0 Å². The van der Waals surface area contributed by atoms with Gasteiger partial charge in [0.05, 0.1) is 26.4 Å². The summed E-state index contributed by atoms with van der Waals surface area (Å²) in [5.74, 6) is -0.714. The largest absolute Gasteiger partial charge is 0.472 e. The summed E-state index contributed by atoms with van der Waals surface area (Å²) in [5.41, 5.74) is 0. The molecule has 0 rings (SSSR count). The second-order valence-electron chi connectivity index (χ2n) is 25.9. The summed E-state index contributed by atoms with van der Waals surface area (Å²) in [6, 6.07) is 0. The SMILES string of the molecule is CCCCCC/C=C\C=C/CCCCCCCC(=O)O[C@H](COC(=O)CCCCCCCCCCCCCCC)COP(=O)(O)OC[C@@H](O)COP(=O)(O)OC[C@@H](COC(=O)CCCCCCCCCCC(C)C)OC(=O)CCCCCCCCCCC(C)C. The maximum atomic E-state index is 13.0. The Bertz CT molecular complexity index is 1850. The van der Waals surface area contributed by atoms with E-state index in [-0.39, 0.29) is 25.7 Å². The van der Waals surface area contributed by atoms with Gasteiger partial charge in [0.15, 0.2) is 12.2 Å². The van der Waals surface area contributed by atoms with E-state index in [1.165, 1.54) is 141 Å². The molecule has 2 unspecified atom stereocenters. The second kappa shape index (κ2) is 62.6. The highest BCUT2D eigenvalue weighted by molar-refractivity contribution is 7.47. The molecule has 90 heavy (non-hydrogen) atoms. The van der Waals surface area contributed by atoms with E-state index < -0.39 is 97.5 Å². The van der Waals surface area contributed by atoms with Crippen LogP contribution in [0.2, 0.25) is 0 Å². The van der Waals surface area contributed by atoms with Crippen LogP contribution >= 0.6 is 15.6 Å². The fourth-order valence-corrected chi connectivity index (χ4v) is 11.8. The molecule has 0 bridgehead atoms. The van der Waals surface area contributed by atoms with Crippen molar-refractivity contribution in [2.75, 3.05) is 39.6 Å². The average Bonchev–Trinajstić information content (AvgIpc) is 3.68. The van der Waals surface area contributed by atoms with E-state index in [0.29, 0.717) is 31.6 Å². The predicted octanol–water partition coefficient (Wildman–Crippen LogP) is 19.9. The van der Waals surface area contributed by atoms with Gasteiger partial charge in [0.25, 0.3) is 0 Å². The summed E-state index contributed by atoms with van der Waals surface area (Å²) in [6.07, 6.45) is 50.8. The third-order valence-electron chi connectivity index (χ3n) is 15.8. The van der Waals surface area contributed by atoms with Crippen molar-refractivity contribution in [2.45, 2.75) is 355 Å². The zero-order valence-corrected chi connectivity index (χ0v) is 59.7. The molecule has 0 aromatic carbocycles. The van der Waals surface area contributed by atoms with Gasteiger partial charge in [0, 0.05) is 25.7 Å². The van der Waals surface area contributed by atoms with Crippen molar-refractivity contribution in [1.29, 1.82) is 0 Å². The van der Waals surface area contributed by atoms with E-state index in [2.05, 4.69) is 65.8 Å². The quantitative estimate of drug-likeness (QED) is 0.0169. The van der Waals surface area contributed by atoms with Gasteiger partial charge in [-0.25, -0.2) is 9.13 Å². The van der Waals surface area contributed by atoms with Crippen LogP contribution in [0.1, 0.15) is 337 Å². The molecule has 530 valence electrons. The number of hydrogen-bond donors (Lipinski definition) is 3. The summed E-state index contributed by atoms with van der Waals surface area (Å²) < 4.78 is 68.3. The van der Waals surface area contributed by atoms with Crippen molar-refractivity contribution in [1.82, 2.24) is 0 Å². The van der Waals surface area contributed by atoms with Gasteiger partial charge in [-0.15, -0.1) is 0 Å². The molecule has 0 heterocycles. The Labute approximate surface area is 548 Å². The fourth-order valence-electron chi connectivity index (χ4n) is 10.2. The number of phosphoric ester groups is 2. The lowest BCUT2D eigenvalue weighted by molar-refractivity contribution is -0.161. The molecule has 0 saturated heterocycles. The van der Waals surface area contributed by atoms with Crippen molar-refractivity contribution in [3.8, 4) is 0 Å². The topological polar surface area (TPSA) is 237 Å². The molecule has 0 spiro atoms. The predicted molar refractivity (Wildman–Crippen MR) is 363 cm³/mol. The monoisotopic (exact) mass is 1320 g/mol. The van der Waals surface area contributed by atoms with Crippen LogP contribution in [0.15, 0.2) is 24.3 Å². The van der Waals surface area contributed by atoms with Gasteiger partial charge in [-0.05, 0) is 63.2 Å². The van der Waals surface area contributed by atoms with Gasteiger partial charge in [-0.3, -0.25) is 37.3 Å². The maximum Gasteiger partial charge on any atom is 0.472 e. The van der Waals surface area contributed by atoms with Crippen LogP contribution in [0.4, 0.5) is 0 Å². The second-order valence-corrected chi connectivity index (χ2v) is 28.8. The lowest BCUT2D eigenvalue weighted by Gasteiger charge is -2.21. The third-order valence-corrected chi connectivity index (χ3v) is 17.7. The Morgan fingerprint density at radius 3 is 0.911 bits per heavy atom. The number of aliphatic hydroxyl groups excluding tert-OH is 1. The van der Waals surface area contributed by atoms with Crippen molar-refractivity contribution in [2.24, 2.45) is 11.8 Å². The van der Waals surface area contributed by atoms with Gasteiger partial charge < -0.3 is 33.8 Å². The van der Waals surface area contributed by atoms with E-state index in [9.17, 15) is 43.2 Å². The molecular formula is C71H134O17P2. The molecule has 0 radical (unpaired) electrons. The molecule has 0 aliphatic rings. The maximum absolute atomic E-state index is 13.0. The number of unbranched alkanes of at least 4 members (excludes halogenated alkanes) is 35. The first-order valence-electron chi connectivity index (χ1n) is 36.3. The molecule has 17 nitrogen and oxygen atoms in total. The number of carbonyl (C=O) groups is 4. The fraction of sp³-hybridized carbons (Fsp3) is 0.887. The van der Waals surface area contributed by atoms with E-state index in [0.717, 1.165) is 109 Å². The minimum Gasteiger partial charge on any atom is -0.462 e. The van der Waals surface area contributed by atoms with Crippen molar-refractivity contribution in [3.05, 3.63) is 24.3 Å². The van der Waals surface area contributed by atoms with E-state index in [4.69, 9.17) is 37.0 Å². The highest BCUT2D eigenvalue weighted by Gasteiger charge is 2.30. The zero-order chi connectivity index (χ0) is 66.5. The number of phosphoric acid groups is 2. The average molecular weight is 1320 g/mol. The van der Waals surface area contributed by atoms with Crippen LogP contribution in [0, 0.1) is 11.8 Å². The van der Waals surface area contributed by atoms with E-state index in [1.807, 2.05) is 0 Å². The van der Waals surface area contributed by atoms with E-state index >= 15 is 0 Å². The Morgan fingerprint density at radius 1 is 0.344 bits per heavy atom. The van der Waals surface area contributed by atoms with Gasteiger partial charge >= 0.3 is 39.5 Å². The Balaban J connectivity index is 5.29. The standard InChI is InChI=1S/C71H134O17P2/c1-7-9-11-13-15-17-19-21-22-24-26-28-37-43-49-55-70(75)87-66(59-81-68(73)53-47-41-35-27-25-23-20-18-16-14-12-10-8-2)61-85-89(77,78)83-57-65(72)58-84-90(79,80)86-62-67(88-71(76)56-50-44-38-32-30-34-40-46-52-64(5)6)60-82-69(74)54-48-42-36-31-29-33-39-45-51-63(3)4/h17,19,21-22,63-67,72H,7-16,18,20,23-62H2,1-6H3,(H,77,78)(H,79,80)/b19-17-,22-21-/t65-,66-,67-/m1/s1. The Morgan fingerprint density at radius 2 is 0.600 bits per heavy atom. The first-order chi connectivity index (χ1) is 43.4. The minimum absolute atomic E-state index is 0.0851. The number of aliphatic hydroxyl groups is 1. The van der Waals surface area contributed by atoms with Gasteiger partial charge in [0.1, 0.15) is 19.3 Å². The Kier molecular flexibility index (Phi) is 60.9. The molecule has 3 N–H and O–H groups in total. The molecule has 0 saturated carbocycles. The highest BCUT2D eigenvalue weighted by Crippen LogP contribution is 2.45. The first-order valence-corrected chi connectivity index (χ1v) is 39.3. The van der Waals surface area contributed by atoms with Crippen LogP contribution in [-0.2, 0) is 65.4 Å². The molecule has 0 aliphatic heterocycles. The van der Waals surface area contributed by atoms with Crippen molar-refractivity contribution < 1.29 is 80.2 Å². The smallest absolute Gasteiger partial charge is 0.462 e. The molecule has 0 aliphatic carbocycles. The number of ether oxygens (including phenoxy) is 4. The highest BCUT2D eigenvalue weighted by atomic mass is 31.2. The van der Waals surface area contributed by atoms with Crippen LogP contribution in [0.25, 0.3) is 0 Å². The summed E-state index contributed by atoms with van der Waals surface area (Å²) in [5, 5.41) is 10.6. The van der Waals surface area contributed by atoms with Gasteiger partial charge in [-0.1, -0.05) is 284 Å². The van der Waals surface area contributed by atoms with Crippen molar-refractivity contribution in [3.63, 3.8) is 0 Å². The third kappa shape index (κ3) is 64.3. The minimum atomic E-state index is -4.96. The van der Waals surface area contributed by atoms with Gasteiger partial charge in [0.2, 0.25) is 0 Å². The number of hydrogen-bond acceptors (Lipinski definition) is 15. The molecular weight excluding hydrogens is 1190 g/mol. The lowest BCUT2D eigenvalue weighted by Crippen LogP contribution is -2.30. The molecule has 5 atom stereocenters. The number of rotatable bonds is 68. The van der Waals surface area contributed by atoms with Gasteiger partial charge in [-0.2, -0.15) is 0 Å². The summed E-state index contributed by atoms with van der Waals surface area (Å²) in [7, 11) is -9.91. The number of allylic oxidation sites excluding steroid dienone is 4. The normalized spacial score (nSPS) is 14.3. The zero-order valence-electron chi connectivity index (χ0n) is 57.9. The van der Waals surface area contributed by atoms with Crippen LogP contribution in [-0.4, -0.2) is 96.7 Å². The first kappa shape index (κ1) is 87.5. The van der Waals surface area contributed by atoms with Crippen LogP contribution in [0.3, 0.4) is 0 Å². The van der Waals surface area contributed by atoms with E-state index in [1.54, 1.807) is 0 Å². The molecule has 0 amide bonds. The summed E-state index contributed by atoms with van der Waals surface area (Å²) in [4.78, 5) is 72.5. The molecule has 0 aromatic rings. The summed E-state index contributed by atoms with van der Waals surface area (Å²) >= 11 is 0. The number of esters is 4. The summed E-state index contributed by atoms with van der Waals surface area (Å²) in [6.45, 7) is 9.41. The number of carbonyl (C=O) groups excluding carboxylic acids is 4.